The average Bonchev–Trinajstić information content (AvgIpc) is 3.33. The molecule has 192 valence electrons. The van der Waals surface area contributed by atoms with Crippen LogP contribution in [0.4, 0.5) is 30.6 Å². The summed E-state index contributed by atoms with van der Waals surface area (Å²) in [5.74, 6) is -3.25. The van der Waals surface area contributed by atoms with Crippen molar-refractivity contribution in [1.82, 2.24) is 5.32 Å². The van der Waals surface area contributed by atoms with Gasteiger partial charge in [0.2, 0.25) is 0 Å². The number of phenols is 1. The molecule has 0 bridgehead atoms. The first-order chi connectivity index (χ1) is 18.2. The highest BCUT2D eigenvalue weighted by Crippen LogP contribution is 2.39. The van der Waals surface area contributed by atoms with Gasteiger partial charge in [-0.05, 0) is 65.7 Å². The topological polar surface area (TPSA) is 111 Å². The lowest BCUT2D eigenvalue weighted by molar-refractivity contribution is -0.115. The third-order valence-electron chi connectivity index (χ3n) is 5.90. The van der Waals surface area contributed by atoms with Crippen LogP contribution in [0.3, 0.4) is 0 Å². The van der Waals surface area contributed by atoms with E-state index in [1.165, 1.54) is 18.2 Å². The van der Waals surface area contributed by atoms with E-state index in [1.807, 2.05) is 19.1 Å². The first-order valence-corrected chi connectivity index (χ1v) is 12.4. The summed E-state index contributed by atoms with van der Waals surface area (Å²) < 4.78 is 29.1. The maximum absolute atomic E-state index is 14.9. The fraction of sp³-hybridized carbons (Fsp3) is 0.111. The van der Waals surface area contributed by atoms with Crippen molar-refractivity contribution in [2.45, 2.75) is 19.8 Å². The molecule has 3 aromatic rings. The molecule has 2 aliphatic rings. The number of benzene rings is 3. The number of hydrogen-bond donors (Lipinski definition) is 3. The van der Waals surface area contributed by atoms with Crippen LogP contribution in [0.25, 0.3) is 6.08 Å². The first kappa shape index (κ1) is 25.2. The smallest absolute Gasteiger partial charge is 0.290 e. The minimum Gasteiger partial charge on any atom is -0.506 e. The van der Waals surface area contributed by atoms with Gasteiger partial charge in [-0.25, -0.2) is 8.78 Å². The number of carbonyl (C=O) groups is 3. The summed E-state index contributed by atoms with van der Waals surface area (Å²) in [6, 6.07) is 13.2. The Balaban J connectivity index is 1.46. The summed E-state index contributed by atoms with van der Waals surface area (Å²) in [6.45, 7) is 2.05. The van der Waals surface area contributed by atoms with E-state index >= 15 is 0 Å². The van der Waals surface area contributed by atoms with E-state index in [9.17, 15) is 28.3 Å². The van der Waals surface area contributed by atoms with E-state index in [2.05, 4.69) is 15.8 Å². The van der Waals surface area contributed by atoms with Crippen LogP contribution in [0.5, 0.6) is 5.75 Å². The number of hydrazone groups is 1. The lowest BCUT2D eigenvalue weighted by atomic mass is 10.1. The number of anilines is 3. The molecule has 0 atom stereocenters. The summed E-state index contributed by atoms with van der Waals surface area (Å²) in [5.41, 5.74) is 4.21. The minimum atomic E-state index is -0.913. The zero-order chi connectivity index (χ0) is 27.0. The van der Waals surface area contributed by atoms with Gasteiger partial charge in [0.15, 0.2) is 11.5 Å². The number of nitrogens with zero attached hydrogens (tertiary/aromatic N) is 2. The van der Waals surface area contributed by atoms with Crippen molar-refractivity contribution >= 4 is 57.7 Å². The molecule has 1 fully saturated rings. The highest BCUT2D eigenvalue weighted by Gasteiger charge is 2.38. The number of hydrogen-bond acceptors (Lipinski definition) is 7. The second-order valence-electron chi connectivity index (χ2n) is 8.54. The molecule has 0 aromatic heterocycles. The quantitative estimate of drug-likeness (QED) is 0.221. The second-order valence-corrected chi connectivity index (χ2v) is 9.56. The van der Waals surface area contributed by atoms with Crippen molar-refractivity contribution in [2.24, 2.45) is 5.10 Å². The van der Waals surface area contributed by atoms with Crippen molar-refractivity contribution in [3.8, 4) is 5.75 Å². The van der Waals surface area contributed by atoms with Gasteiger partial charge in [-0.2, -0.15) is 5.10 Å². The van der Waals surface area contributed by atoms with E-state index in [4.69, 9.17) is 0 Å². The molecule has 38 heavy (non-hydrogen) atoms. The van der Waals surface area contributed by atoms with Crippen LogP contribution >= 0.6 is 11.8 Å². The van der Waals surface area contributed by atoms with Crippen molar-refractivity contribution in [3.05, 3.63) is 87.8 Å². The predicted octanol–water partition coefficient (Wildman–Crippen LogP) is 5.44. The van der Waals surface area contributed by atoms with Crippen LogP contribution in [-0.2, 0) is 16.0 Å². The summed E-state index contributed by atoms with van der Waals surface area (Å²) in [7, 11) is 0. The molecule has 2 heterocycles. The highest BCUT2D eigenvalue weighted by molar-refractivity contribution is 8.18. The summed E-state index contributed by atoms with van der Waals surface area (Å²) >= 11 is 0.742. The van der Waals surface area contributed by atoms with Gasteiger partial charge in [0.05, 0.1) is 16.3 Å². The molecule has 2 aliphatic heterocycles. The van der Waals surface area contributed by atoms with Crippen molar-refractivity contribution < 1.29 is 28.3 Å². The number of fused-ring (bicyclic) bond motifs is 1. The maximum Gasteiger partial charge on any atom is 0.290 e. The third-order valence-corrected chi connectivity index (χ3v) is 6.71. The minimum absolute atomic E-state index is 0.0348. The molecule has 3 aromatic carbocycles. The van der Waals surface area contributed by atoms with Crippen LogP contribution in [0.1, 0.15) is 30.0 Å². The van der Waals surface area contributed by atoms with Crippen LogP contribution in [0.15, 0.2) is 64.6 Å². The maximum atomic E-state index is 14.9. The summed E-state index contributed by atoms with van der Waals surface area (Å²) in [6.07, 6.45) is 3.23. The average molecular weight is 535 g/mol. The number of amides is 3. The normalized spacial score (nSPS) is 16.9. The largest absolute Gasteiger partial charge is 0.506 e. The molecule has 3 N–H and O–H groups in total. The van der Waals surface area contributed by atoms with E-state index in [0.717, 1.165) is 41.1 Å². The standard InChI is InChI=1S/C27H20F2N4O4S/c1-2-3-14-4-7-17(8-5-14)33-24-18(12-16(28)13-19(24)29)23(26(33)36)32-31-20-9-6-15(10-21(20)34)11-22-25(35)30-27(37)38-22/h4-13,31,34H,2-3H2,1H3,(H,30,35,37)/b22-11-,32-23-. The Hall–Kier alpha value is -4.51. The lowest BCUT2D eigenvalue weighted by Crippen LogP contribution is -2.26. The Labute approximate surface area is 220 Å². The van der Waals surface area contributed by atoms with Gasteiger partial charge in [0.1, 0.15) is 11.6 Å². The molecule has 0 unspecified atom stereocenters. The van der Waals surface area contributed by atoms with Crippen molar-refractivity contribution in [2.75, 3.05) is 10.3 Å². The number of rotatable bonds is 6. The van der Waals surface area contributed by atoms with Gasteiger partial charge in [0, 0.05) is 17.3 Å². The SMILES string of the molecule is CCCc1ccc(N2C(=O)/C(=N\Nc3ccc(/C=C4\SC(=O)NC4=O)cc3O)c3cc(F)cc(F)c32)cc1. The fourth-order valence-corrected chi connectivity index (χ4v) is 4.85. The highest BCUT2D eigenvalue weighted by atomic mass is 32.2. The van der Waals surface area contributed by atoms with Crippen LogP contribution < -0.4 is 15.6 Å². The molecule has 0 saturated carbocycles. The van der Waals surface area contributed by atoms with Crippen molar-refractivity contribution in [3.63, 3.8) is 0 Å². The summed E-state index contributed by atoms with van der Waals surface area (Å²) in [4.78, 5) is 37.8. The molecule has 11 heteroatoms. The third kappa shape index (κ3) is 4.75. The Bertz CT molecular complexity index is 1550. The van der Waals surface area contributed by atoms with Gasteiger partial charge in [-0.1, -0.05) is 31.5 Å². The molecule has 0 spiro atoms. The molecular formula is C27H20F2N4O4S. The van der Waals surface area contributed by atoms with E-state index in [0.29, 0.717) is 17.3 Å². The lowest BCUT2D eigenvalue weighted by Gasteiger charge is -2.18. The van der Waals surface area contributed by atoms with Gasteiger partial charge in [0.25, 0.3) is 17.1 Å². The Kier molecular flexibility index (Phi) is 6.68. The number of nitrogens with one attached hydrogen (secondary N) is 2. The molecule has 1 saturated heterocycles. The van der Waals surface area contributed by atoms with Crippen molar-refractivity contribution in [1.29, 1.82) is 0 Å². The number of halogens is 2. The fourth-order valence-electron chi connectivity index (χ4n) is 4.17. The Morgan fingerprint density at radius 2 is 1.84 bits per heavy atom. The van der Waals surface area contributed by atoms with Gasteiger partial charge < -0.3 is 5.11 Å². The number of aryl methyl sites for hydroxylation is 1. The molecule has 8 nitrogen and oxygen atoms in total. The predicted molar refractivity (Wildman–Crippen MR) is 141 cm³/mol. The molecular weight excluding hydrogens is 514 g/mol. The monoisotopic (exact) mass is 534 g/mol. The van der Waals surface area contributed by atoms with E-state index in [-0.39, 0.29) is 33.3 Å². The molecule has 0 aliphatic carbocycles. The van der Waals surface area contributed by atoms with Gasteiger partial charge in [-0.3, -0.25) is 30.0 Å². The molecule has 5 rings (SSSR count). The number of imide groups is 1. The summed E-state index contributed by atoms with van der Waals surface area (Å²) in [5, 5.41) is 16.2. The van der Waals surface area contributed by atoms with Crippen LogP contribution in [0.2, 0.25) is 0 Å². The van der Waals surface area contributed by atoms with Crippen LogP contribution in [0, 0.1) is 11.6 Å². The first-order valence-electron chi connectivity index (χ1n) is 11.6. The van der Waals surface area contributed by atoms with Gasteiger partial charge in [-0.15, -0.1) is 0 Å². The Morgan fingerprint density at radius 3 is 2.50 bits per heavy atom. The van der Waals surface area contributed by atoms with E-state index in [1.54, 1.807) is 18.2 Å². The van der Waals surface area contributed by atoms with Crippen LogP contribution in [-0.4, -0.2) is 27.9 Å². The van der Waals surface area contributed by atoms with Gasteiger partial charge >= 0.3 is 0 Å². The number of carbonyl (C=O) groups excluding carboxylic acids is 3. The molecule has 3 amide bonds. The number of thioether (sulfide) groups is 1. The second kappa shape index (κ2) is 10.1. The number of aromatic hydroxyl groups is 1. The zero-order valence-corrected chi connectivity index (χ0v) is 20.7. The number of phenolic OH excluding ortho intramolecular Hbond substituents is 1. The van der Waals surface area contributed by atoms with E-state index < -0.39 is 28.7 Å². The molecule has 0 radical (unpaired) electrons. The zero-order valence-electron chi connectivity index (χ0n) is 19.9. The Morgan fingerprint density at radius 1 is 1.08 bits per heavy atom.